The van der Waals surface area contributed by atoms with Crippen LogP contribution >= 0.6 is 0 Å². The van der Waals surface area contributed by atoms with Crippen molar-refractivity contribution in [3.8, 4) is 11.7 Å². The molecular formula is C21H18N2O5. The number of carbonyl (C=O) groups is 2. The summed E-state index contributed by atoms with van der Waals surface area (Å²) in [6, 6.07) is 10.6. The van der Waals surface area contributed by atoms with E-state index in [-0.39, 0.29) is 11.8 Å². The Morgan fingerprint density at radius 1 is 1.11 bits per heavy atom. The average Bonchev–Trinajstić information content (AvgIpc) is 3.27. The van der Waals surface area contributed by atoms with Gasteiger partial charge < -0.3 is 18.9 Å². The van der Waals surface area contributed by atoms with E-state index in [0.29, 0.717) is 40.1 Å². The summed E-state index contributed by atoms with van der Waals surface area (Å²) in [5.41, 5.74) is 3.51. The summed E-state index contributed by atoms with van der Waals surface area (Å²) in [6.45, 7) is 3.74. The van der Waals surface area contributed by atoms with Crippen molar-refractivity contribution < 1.29 is 23.2 Å². The number of fused-ring (bicyclic) bond motifs is 2. The Morgan fingerprint density at radius 2 is 1.93 bits per heavy atom. The van der Waals surface area contributed by atoms with Gasteiger partial charge in [0.1, 0.15) is 16.8 Å². The Bertz CT molecular complexity index is 1220. The van der Waals surface area contributed by atoms with Gasteiger partial charge in [-0.05, 0) is 37.3 Å². The van der Waals surface area contributed by atoms with Crippen LogP contribution in [0.25, 0.3) is 33.7 Å². The van der Waals surface area contributed by atoms with Crippen molar-refractivity contribution in [3.05, 3.63) is 47.5 Å². The number of amides is 1. The molecule has 4 rings (SSSR count). The molecule has 7 nitrogen and oxygen atoms in total. The first-order valence-electron chi connectivity index (χ1n) is 8.82. The van der Waals surface area contributed by atoms with Gasteiger partial charge >= 0.3 is 5.97 Å². The molecule has 28 heavy (non-hydrogen) atoms. The van der Waals surface area contributed by atoms with E-state index in [0.717, 1.165) is 10.9 Å². The minimum atomic E-state index is -0.463. The van der Waals surface area contributed by atoms with Gasteiger partial charge in [0.05, 0.1) is 12.7 Å². The molecule has 0 aliphatic rings. The molecule has 7 heteroatoms. The van der Waals surface area contributed by atoms with Crippen LogP contribution in [-0.2, 0) is 9.53 Å². The summed E-state index contributed by atoms with van der Waals surface area (Å²) in [7, 11) is 1.32. The molecule has 0 bridgehead atoms. The number of aromatic nitrogens is 1. The SMILES string of the molecule is CCC(=O)Nc1c(-c2nc3ccc(C(=O)OC)cc3o2)oc2ccc(C)cc12. The summed E-state index contributed by atoms with van der Waals surface area (Å²) in [5, 5.41) is 3.66. The first-order valence-corrected chi connectivity index (χ1v) is 8.82. The molecule has 2 heterocycles. The van der Waals surface area contributed by atoms with Crippen molar-refractivity contribution in [2.24, 2.45) is 0 Å². The van der Waals surface area contributed by atoms with Gasteiger partial charge in [-0.15, -0.1) is 0 Å². The fourth-order valence-corrected chi connectivity index (χ4v) is 2.98. The number of nitrogens with one attached hydrogen (secondary N) is 1. The van der Waals surface area contributed by atoms with Gasteiger partial charge in [-0.1, -0.05) is 18.6 Å². The lowest BCUT2D eigenvalue weighted by molar-refractivity contribution is -0.115. The van der Waals surface area contributed by atoms with E-state index in [9.17, 15) is 9.59 Å². The second-order valence-electron chi connectivity index (χ2n) is 6.40. The van der Waals surface area contributed by atoms with Gasteiger partial charge in [0.25, 0.3) is 5.89 Å². The number of methoxy groups -OCH3 is 1. The van der Waals surface area contributed by atoms with Crippen LogP contribution in [0.2, 0.25) is 0 Å². The Balaban J connectivity index is 1.89. The lowest BCUT2D eigenvalue weighted by atomic mass is 10.1. The zero-order chi connectivity index (χ0) is 19.8. The normalized spacial score (nSPS) is 11.1. The maximum atomic E-state index is 12.1. The van der Waals surface area contributed by atoms with E-state index >= 15 is 0 Å². The van der Waals surface area contributed by atoms with Crippen LogP contribution < -0.4 is 5.32 Å². The van der Waals surface area contributed by atoms with Crippen LogP contribution in [0.1, 0.15) is 29.3 Å². The van der Waals surface area contributed by atoms with Gasteiger partial charge in [0, 0.05) is 11.8 Å². The van der Waals surface area contributed by atoms with Gasteiger partial charge in [-0.25, -0.2) is 9.78 Å². The molecule has 0 fully saturated rings. The van der Waals surface area contributed by atoms with Crippen LogP contribution in [-0.4, -0.2) is 24.0 Å². The van der Waals surface area contributed by atoms with E-state index in [1.165, 1.54) is 7.11 Å². The lowest BCUT2D eigenvalue weighted by Crippen LogP contribution is -2.09. The van der Waals surface area contributed by atoms with Crippen molar-refractivity contribution in [3.63, 3.8) is 0 Å². The second kappa shape index (κ2) is 6.84. The Labute approximate surface area is 160 Å². The first kappa shape index (κ1) is 17.8. The van der Waals surface area contributed by atoms with Gasteiger partial charge in [-0.3, -0.25) is 4.79 Å². The maximum Gasteiger partial charge on any atom is 0.337 e. The molecule has 1 amide bonds. The number of hydrogen-bond donors (Lipinski definition) is 1. The monoisotopic (exact) mass is 378 g/mol. The van der Waals surface area contributed by atoms with Crippen molar-refractivity contribution in [1.29, 1.82) is 0 Å². The summed E-state index contributed by atoms with van der Waals surface area (Å²) in [5.74, 6) is -0.0556. The third kappa shape index (κ3) is 3.00. The zero-order valence-electron chi connectivity index (χ0n) is 15.7. The highest BCUT2D eigenvalue weighted by molar-refractivity contribution is 6.06. The summed E-state index contributed by atoms with van der Waals surface area (Å²) in [6.07, 6.45) is 0.327. The van der Waals surface area contributed by atoms with E-state index < -0.39 is 5.97 Å². The van der Waals surface area contributed by atoms with Gasteiger partial charge in [0.2, 0.25) is 11.7 Å². The standard InChI is InChI=1S/C21H18N2O5/c1-4-17(24)23-18-13-9-11(2)5-8-15(13)27-19(18)20-22-14-7-6-12(21(25)26-3)10-16(14)28-20/h5-10H,4H2,1-3H3,(H,23,24). The van der Waals surface area contributed by atoms with Crippen LogP contribution in [0.15, 0.2) is 45.2 Å². The number of aryl methyl sites for hydroxylation is 1. The van der Waals surface area contributed by atoms with Gasteiger partial charge in [0.15, 0.2) is 5.58 Å². The third-order valence-electron chi connectivity index (χ3n) is 4.43. The molecule has 142 valence electrons. The molecule has 1 N–H and O–H groups in total. The van der Waals surface area contributed by atoms with Crippen molar-refractivity contribution >= 4 is 39.6 Å². The predicted octanol–water partition coefficient (Wildman–Crippen LogP) is 4.68. The Hall–Kier alpha value is -3.61. The highest BCUT2D eigenvalue weighted by Crippen LogP contribution is 2.39. The molecule has 0 aliphatic carbocycles. The minimum Gasteiger partial charge on any atom is -0.465 e. The van der Waals surface area contributed by atoms with Crippen molar-refractivity contribution in [1.82, 2.24) is 4.98 Å². The van der Waals surface area contributed by atoms with Crippen LogP contribution in [0, 0.1) is 6.92 Å². The number of ether oxygens (including phenoxy) is 1. The number of anilines is 1. The van der Waals surface area contributed by atoms with E-state index in [2.05, 4.69) is 10.3 Å². The molecule has 0 atom stereocenters. The predicted molar refractivity (Wildman–Crippen MR) is 104 cm³/mol. The molecule has 2 aromatic carbocycles. The quantitative estimate of drug-likeness (QED) is 0.518. The smallest absolute Gasteiger partial charge is 0.337 e. The number of furan rings is 1. The third-order valence-corrected chi connectivity index (χ3v) is 4.43. The van der Waals surface area contributed by atoms with Crippen LogP contribution in [0.3, 0.4) is 0 Å². The van der Waals surface area contributed by atoms with Crippen molar-refractivity contribution in [2.75, 3.05) is 12.4 Å². The molecule has 0 radical (unpaired) electrons. The molecule has 0 unspecified atom stereocenters. The number of oxazole rings is 1. The minimum absolute atomic E-state index is 0.144. The van der Waals surface area contributed by atoms with Crippen molar-refractivity contribution in [2.45, 2.75) is 20.3 Å². The Kier molecular flexibility index (Phi) is 4.35. The molecule has 0 aliphatic heterocycles. The highest BCUT2D eigenvalue weighted by atomic mass is 16.5. The lowest BCUT2D eigenvalue weighted by Gasteiger charge is -2.03. The maximum absolute atomic E-state index is 12.1. The van der Waals surface area contributed by atoms with E-state index in [4.69, 9.17) is 13.6 Å². The number of benzene rings is 2. The molecule has 0 saturated heterocycles. The van der Waals surface area contributed by atoms with Crippen LogP contribution in [0.5, 0.6) is 0 Å². The van der Waals surface area contributed by atoms with E-state index in [1.54, 1.807) is 25.1 Å². The molecule has 0 saturated carbocycles. The van der Waals surface area contributed by atoms with E-state index in [1.807, 2.05) is 25.1 Å². The molecule has 0 spiro atoms. The Morgan fingerprint density at radius 3 is 2.68 bits per heavy atom. The zero-order valence-corrected chi connectivity index (χ0v) is 15.7. The van der Waals surface area contributed by atoms with Crippen LogP contribution in [0.4, 0.5) is 5.69 Å². The summed E-state index contributed by atoms with van der Waals surface area (Å²) >= 11 is 0. The summed E-state index contributed by atoms with van der Waals surface area (Å²) < 4.78 is 16.5. The molecule has 4 aromatic rings. The molecule has 2 aromatic heterocycles. The number of esters is 1. The van der Waals surface area contributed by atoms with Gasteiger partial charge in [-0.2, -0.15) is 0 Å². The number of rotatable bonds is 4. The summed E-state index contributed by atoms with van der Waals surface area (Å²) in [4.78, 5) is 28.3. The number of nitrogens with zero attached hydrogens (tertiary/aromatic N) is 1. The topological polar surface area (TPSA) is 94.6 Å². The highest BCUT2D eigenvalue weighted by Gasteiger charge is 2.22. The largest absolute Gasteiger partial charge is 0.465 e. The fraction of sp³-hybridized carbons (Fsp3) is 0.190. The number of carbonyl (C=O) groups excluding carboxylic acids is 2. The average molecular weight is 378 g/mol. The molecular weight excluding hydrogens is 360 g/mol. The fourth-order valence-electron chi connectivity index (χ4n) is 2.98. The second-order valence-corrected chi connectivity index (χ2v) is 6.40. The first-order chi connectivity index (χ1) is 13.5. The number of hydrogen-bond acceptors (Lipinski definition) is 6.